The van der Waals surface area contributed by atoms with E-state index in [0.29, 0.717) is 0 Å². The van der Waals surface area contributed by atoms with Crippen LogP contribution in [0, 0.1) is 0 Å². The molecule has 0 aromatic rings. The summed E-state index contributed by atoms with van der Waals surface area (Å²) in [5, 5.41) is 0. The zero-order valence-corrected chi connectivity index (χ0v) is 6.26. The highest BCUT2D eigenvalue weighted by molar-refractivity contribution is 7.33. The maximum atomic E-state index is 5.42. The molecule has 0 fully saturated rings. The van der Waals surface area contributed by atoms with Gasteiger partial charge in [0.1, 0.15) is 0 Å². The van der Waals surface area contributed by atoms with Crippen molar-refractivity contribution in [3.05, 3.63) is 18.4 Å². The highest BCUT2D eigenvalue weighted by Gasteiger charge is 1.96. The highest BCUT2D eigenvalue weighted by Crippen LogP contribution is 2.01. The molecule has 0 aromatic carbocycles. The van der Waals surface area contributed by atoms with Gasteiger partial charge < -0.3 is 0 Å². The molecule has 1 radical (unpaired) electrons. The molecule has 0 heterocycles. The fourth-order valence-corrected chi connectivity index (χ4v) is 0.911. The lowest BCUT2D eigenvalue weighted by Gasteiger charge is -1.82. The lowest BCUT2D eigenvalue weighted by Crippen LogP contribution is -1.85. The molecule has 0 bridgehead atoms. The first kappa shape index (κ1) is 7.32. The Balaban J connectivity index is 3.13. The van der Waals surface area contributed by atoms with Gasteiger partial charge in [-0.05, 0) is 12.1 Å². The molecule has 0 atom stereocenters. The van der Waals surface area contributed by atoms with Crippen molar-refractivity contribution < 1.29 is 0 Å². The molecule has 7 heavy (non-hydrogen) atoms. The summed E-state index contributed by atoms with van der Waals surface area (Å²) in [5.41, 5.74) is 2.58. The van der Waals surface area contributed by atoms with Crippen LogP contribution in [0.2, 0.25) is 6.04 Å². The van der Waals surface area contributed by atoms with Crippen molar-refractivity contribution in [2.45, 2.75) is 6.04 Å². The van der Waals surface area contributed by atoms with E-state index in [2.05, 4.69) is 12.3 Å². The molecule has 0 unspecified atom stereocenters. The van der Waals surface area contributed by atoms with Crippen LogP contribution in [0.3, 0.4) is 0 Å². The van der Waals surface area contributed by atoms with Gasteiger partial charge in [0.25, 0.3) is 7.42 Å². The second-order valence-corrected chi connectivity index (χ2v) is 5.35. The van der Waals surface area contributed by atoms with Crippen LogP contribution >= 0.6 is 22.2 Å². The van der Waals surface area contributed by atoms with Crippen LogP contribution in [0.15, 0.2) is 18.4 Å². The van der Waals surface area contributed by atoms with Crippen LogP contribution in [0.4, 0.5) is 0 Å². The second-order valence-electron chi connectivity index (χ2n) is 0.951. The Morgan fingerprint density at radius 1 is 1.71 bits per heavy atom. The number of rotatable bonds is 2. The fourth-order valence-electron chi connectivity index (χ4n) is 0.149. The summed E-state index contributed by atoms with van der Waals surface area (Å²) in [4.78, 5) is 0. The smallest absolute Gasteiger partial charge is 0.146 e. The predicted octanol–water partition coefficient (Wildman–Crippen LogP) is 2.29. The fraction of sp³-hybridized carbons (Fsp3) is 0.250. The largest absolute Gasteiger partial charge is 0.278 e. The van der Waals surface area contributed by atoms with Crippen LogP contribution in [0.1, 0.15) is 0 Å². The van der Waals surface area contributed by atoms with Gasteiger partial charge in [0.15, 0.2) is 0 Å². The minimum absolute atomic E-state index is 0.733. The van der Waals surface area contributed by atoms with E-state index in [9.17, 15) is 0 Å². The molecule has 39 valence electrons. The molecule has 0 aliphatic heterocycles. The first-order chi connectivity index (χ1) is 3.27. The van der Waals surface area contributed by atoms with E-state index in [1.165, 1.54) is 0 Å². The van der Waals surface area contributed by atoms with E-state index in [1.54, 1.807) is 6.08 Å². The summed E-state index contributed by atoms with van der Waals surface area (Å²) >= 11 is 10.8. The van der Waals surface area contributed by atoms with E-state index < -0.39 is 7.42 Å². The number of hydrogen-bond donors (Lipinski definition) is 0. The van der Waals surface area contributed by atoms with Crippen LogP contribution in [-0.4, -0.2) is 7.42 Å². The minimum Gasteiger partial charge on any atom is -0.146 e. The Bertz CT molecular complexity index is 83.7. The summed E-state index contributed by atoms with van der Waals surface area (Å²) < 4.78 is 0. The van der Waals surface area contributed by atoms with Crippen LogP contribution in [0.5, 0.6) is 0 Å². The van der Waals surface area contributed by atoms with Crippen molar-refractivity contribution in [3.8, 4) is 0 Å². The third-order valence-corrected chi connectivity index (χ3v) is 1.84. The third-order valence-electron chi connectivity index (χ3n) is 0.401. The second kappa shape index (κ2) is 4.48. The summed E-state index contributed by atoms with van der Waals surface area (Å²) in [6.45, 7) is 3.35. The summed E-state index contributed by atoms with van der Waals surface area (Å²) in [5.74, 6) is 0. The van der Waals surface area contributed by atoms with Gasteiger partial charge in [-0.2, -0.15) is 0 Å². The van der Waals surface area contributed by atoms with Crippen molar-refractivity contribution in [1.82, 2.24) is 0 Å². The molecule has 3 heteroatoms. The van der Waals surface area contributed by atoms with E-state index in [0.717, 1.165) is 6.04 Å². The van der Waals surface area contributed by atoms with Gasteiger partial charge in [-0.3, -0.25) is 0 Å². The number of halogens is 2. The van der Waals surface area contributed by atoms with Crippen molar-refractivity contribution in [2.75, 3.05) is 0 Å². The lowest BCUT2D eigenvalue weighted by molar-refractivity contribution is 1.73. The Hall–Kier alpha value is 0.317. The molecular weight excluding hydrogens is 147 g/mol. The molecule has 0 aromatic heterocycles. The predicted molar refractivity (Wildman–Crippen MR) is 36.0 cm³/mol. The monoisotopic (exact) mass is 151 g/mol. The van der Waals surface area contributed by atoms with Crippen molar-refractivity contribution in [2.24, 2.45) is 0 Å². The van der Waals surface area contributed by atoms with Gasteiger partial charge in [-0.1, -0.05) is 6.58 Å². The molecule has 0 aliphatic carbocycles. The maximum absolute atomic E-state index is 5.42. The molecular formula is C4H5Cl2Si. The summed E-state index contributed by atoms with van der Waals surface area (Å²) in [7, 11) is -1.11. The van der Waals surface area contributed by atoms with Gasteiger partial charge in [-0.15, -0.1) is 27.9 Å². The SMILES string of the molecule is C=C=CC[Si](Cl)Cl. The quantitative estimate of drug-likeness (QED) is 0.323. The Labute approximate surface area is 54.4 Å². The van der Waals surface area contributed by atoms with Gasteiger partial charge in [-0.25, -0.2) is 0 Å². The Kier molecular flexibility index (Phi) is 4.68. The van der Waals surface area contributed by atoms with Gasteiger partial charge in [0.2, 0.25) is 0 Å². The summed E-state index contributed by atoms with van der Waals surface area (Å²) in [6, 6.07) is 0.733. The molecule has 0 spiro atoms. The first-order valence-electron chi connectivity index (χ1n) is 1.78. The minimum atomic E-state index is -1.11. The maximum Gasteiger partial charge on any atom is 0.278 e. The standard InChI is InChI=1S/C4H5Cl2Si/c1-2-3-4-7(5)6/h3H,1,4H2. The molecule has 0 nitrogen and oxygen atoms in total. The zero-order chi connectivity index (χ0) is 5.70. The lowest BCUT2D eigenvalue weighted by atomic mass is 10.7. The molecule has 0 saturated carbocycles. The normalized spacial score (nSPS) is 8.43. The van der Waals surface area contributed by atoms with E-state index in [-0.39, 0.29) is 0 Å². The molecule has 0 amide bonds. The van der Waals surface area contributed by atoms with Crippen molar-refractivity contribution >= 4 is 29.6 Å². The Morgan fingerprint density at radius 2 is 2.29 bits per heavy atom. The number of allylic oxidation sites excluding steroid dienone is 1. The molecule has 0 aliphatic rings. The Morgan fingerprint density at radius 3 is 2.43 bits per heavy atom. The van der Waals surface area contributed by atoms with Crippen LogP contribution < -0.4 is 0 Å². The molecule has 0 N–H and O–H groups in total. The zero-order valence-electron chi connectivity index (χ0n) is 3.75. The van der Waals surface area contributed by atoms with Gasteiger partial charge in [0, 0.05) is 0 Å². The van der Waals surface area contributed by atoms with E-state index in [1.807, 2.05) is 0 Å². The van der Waals surface area contributed by atoms with Gasteiger partial charge >= 0.3 is 0 Å². The number of hydrogen-bond acceptors (Lipinski definition) is 0. The van der Waals surface area contributed by atoms with Crippen molar-refractivity contribution in [1.29, 1.82) is 0 Å². The van der Waals surface area contributed by atoms with Gasteiger partial charge in [0.05, 0.1) is 0 Å². The molecule has 0 saturated heterocycles. The summed E-state index contributed by atoms with van der Waals surface area (Å²) in [6.07, 6.45) is 1.74. The molecule has 0 rings (SSSR count). The average Bonchev–Trinajstić information content (AvgIpc) is 1.61. The third kappa shape index (κ3) is 6.32. The van der Waals surface area contributed by atoms with Crippen LogP contribution in [0.25, 0.3) is 0 Å². The van der Waals surface area contributed by atoms with Crippen molar-refractivity contribution in [3.63, 3.8) is 0 Å². The topological polar surface area (TPSA) is 0 Å². The highest BCUT2D eigenvalue weighted by atomic mass is 35.7. The van der Waals surface area contributed by atoms with E-state index >= 15 is 0 Å². The van der Waals surface area contributed by atoms with E-state index in [4.69, 9.17) is 22.2 Å². The first-order valence-corrected chi connectivity index (χ1v) is 5.51. The average molecular weight is 152 g/mol. The van der Waals surface area contributed by atoms with Crippen LogP contribution in [-0.2, 0) is 0 Å².